The van der Waals surface area contributed by atoms with Gasteiger partial charge >= 0.3 is 0 Å². The number of para-hydroxylation sites is 1. The summed E-state index contributed by atoms with van der Waals surface area (Å²) in [6.07, 6.45) is 3.78. The van der Waals surface area contributed by atoms with Crippen LogP contribution in [0.2, 0.25) is 0 Å². The Morgan fingerprint density at radius 2 is 2.27 bits per heavy atom. The molecule has 1 fully saturated rings. The molecule has 6 heteroatoms. The largest absolute Gasteiger partial charge is 0.468 e. The second-order valence-corrected chi connectivity index (χ2v) is 7.88. The molecule has 1 aromatic carbocycles. The summed E-state index contributed by atoms with van der Waals surface area (Å²) >= 11 is 1.76. The van der Waals surface area contributed by atoms with Gasteiger partial charge in [-0.05, 0) is 44.0 Å². The van der Waals surface area contributed by atoms with Gasteiger partial charge in [0.25, 0.3) is 0 Å². The molecule has 3 heterocycles. The zero-order valence-corrected chi connectivity index (χ0v) is 15.7. The Balaban J connectivity index is 1.37. The molecule has 0 bridgehead atoms. The van der Waals surface area contributed by atoms with E-state index in [0.29, 0.717) is 12.5 Å². The molecule has 0 aliphatic carbocycles. The molecule has 5 nitrogen and oxygen atoms in total. The number of hydrogen-bond donors (Lipinski definition) is 1. The Morgan fingerprint density at radius 3 is 3.08 bits per heavy atom. The lowest BCUT2D eigenvalue weighted by Crippen LogP contribution is -2.43. The Labute approximate surface area is 157 Å². The van der Waals surface area contributed by atoms with Crippen molar-refractivity contribution >= 4 is 27.5 Å². The van der Waals surface area contributed by atoms with E-state index in [0.717, 1.165) is 42.2 Å². The number of nitrogens with zero attached hydrogens (tertiary/aromatic N) is 2. The van der Waals surface area contributed by atoms with Gasteiger partial charge in [0.15, 0.2) is 0 Å². The van der Waals surface area contributed by atoms with Gasteiger partial charge in [-0.1, -0.05) is 12.1 Å². The van der Waals surface area contributed by atoms with Gasteiger partial charge in [0.05, 0.1) is 34.1 Å². The van der Waals surface area contributed by atoms with E-state index in [9.17, 15) is 4.79 Å². The minimum atomic E-state index is 0.0267. The van der Waals surface area contributed by atoms with Gasteiger partial charge in [0.1, 0.15) is 5.76 Å². The second-order valence-electron chi connectivity index (χ2n) is 6.82. The molecule has 4 rings (SSSR count). The molecule has 1 saturated heterocycles. The molecular weight excluding hydrogens is 346 g/mol. The van der Waals surface area contributed by atoms with Crippen LogP contribution in [0.3, 0.4) is 0 Å². The summed E-state index contributed by atoms with van der Waals surface area (Å²) in [5.74, 6) is 1.34. The van der Waals surface area contributed by atoms with Gasteiger partial charge in [0.2, 0.25) is 5.91 Å². The number of furan rings is 1. The smallest absolute Gasteiger partial charge is 0.236 e. The van der Waals surface area contributed by atoms with Crippen molar-refractivity contribution in [2.45, 2.75) is 31.7 Å². The number of amides is 1. The van der Waals surface area contributed by atoms with Crippen molar-refractivity contribution < 1.29 is 9.21 Å². The maximum Gasteiger partial charge on any atom is 0.236 e. The normalized spacial score (nSPS) is 19.0. The van der Waals surface area contributed by atoms with E-state index in [4.69, 9.17) is 9.40 Å². The molecule has 1 amide bonds. The molecular formula is C20H23N3O2S. The Kier molecular flexibility index (Phi) is 5.04. The van der Waals surface area contributed by atoms with E-state index in [1.54, 1.807) is 17.6 Å². The zero-order chi connectivity index (χ0) is 17.9. The molecule has 3 aromatic rings. The van der Waals surface area contributed by atoms with E-state index in [1.807, 2.05) is 36.1 Å². The predicted octanol–water partition coefficient (Wildman–Crippen LogP) is 3.95. The van der Waals surface area contributed by atoms with Crippen molar-refractivity contribution in [1.82, 2.24) is 15.2 Å². The number of thiazole rings is 1. The average molecular weight is 369 g/mol. The molecule has 0 spiro atoms. The van der Waals surface area contributed by atoms with Crippen LogP contribution in [0.1, 0.15) is 42.5 Å². The van der Waals surface area contributed by atoms with Gasteiger partial charge in [-0.2, -0.15) is 0 Å². The number of carbonyl (C=O) groups excluding carboxylic acids is 1. The van der Waals surface area contributed by atoms with E-state index in [1.165, 1.54) is 4.70 Å². The number of aromatic nitrogens is 1. The highest BCUT2D eigenvalue weighted by Crippen LogP contribution is 2.32. The third-order valence-corrected chi connectivity index (χ3v) is 6.16. The lowest BCUT2D eigenvalue weighted by Gasteiger charge is -2.32. The SMILES string of the molecule is C[C@H](NCC(=O)N1CCC[C@H](c2nc3ccccc3s2)C1)c1ccco1. The van der Waals surface area contributed by atoms with Crippen molar-refractivity contribution in [1.29, 1.82) is 0 Å². The fourth-order valence-corrected chi connectivity index (χ4v) is 4.55. The van der Waals surface area contributed by atoms with Crippen molar-refractivity contribution in [3.8, 4) is 0 Å². The third-order valence-electron chi connectivity index (χ3n) is 4.96. The van der Waals surface area contributed by atoms with Gasteiger partial charge in [-0.15, -0.1) is 11.3 Å². The fraction of sp³-hybridized carbons (Fsp3) is 0.400. The summed E-state index contributed by atoms with van der Waals surface area (Å²) in [6.45, 7) is 3.92. The minimum Gasteiger partial charge on any atom is -0.468 e. The van der Waals surface area contributed by atoms with Gasteiger partial charge in [-0.25, -0.2) is 4.98 Å². The predicted molar refractivity (Wildman–Crippen MR) is 103 cm³/mol. The molecule has 1 N–H and O–H groups in total. The lowest BCUT2D eigenvalue weighted by molar-refractivity contribution is -0.131. The number of fused-ring (bicyclic) bond motifs is 1. The van der Waals surface area contributed by atoms with Crippen LogP contribution in [-0.2, 0) is 4.79 Å². The molecule has 0 saturated carbocycles. The van der Waals surface area contributed by atoms with E-state index in [2.05, 4.69) is 17.4 Å². The quantitative estimate of drug-likeness (QED) is 0.740. The molecule has 26 heavy (non-hydrogen) atoms. The number of hydrogen-bond acceptors (Lipinski definition) is 5. The van der Waals surface area contributed by atoms with E-state index >= 15 is 0 Å². The summed E-state index contributed by atoms with van der Waals surface area (Å²) < 4.78 is 6.60. The first-order chi connectivity index (χ1) is 12.7. The Bertz CT molecular complexity index is 841. The van der Waals surface area contributed by atoms with Crippen molar-refractivity contribution in [3.05, 3.63) is 53.4 Å². The summed E-state index contributed by atoms with van der Waals surface area (Å²) in [4.78, 5) is 19.4. The Morgan fingerprint density at radius 1 is 1.38 bits per heavy atom. The van der Waals surface area contributed by atoms with Crippen LogP contribution in [0, 0.1) is 0 Å². The summed E-state index contributed by atoms with van der Waals surface area (Å²) in [5, 5.41) is 4.41. The molecule has 0 unspecified atom stereocenters. The number of likely N-dealkylation sites (tertiary alicyclic amines) is 1. The molecule has 2 atom stereocenters. The van der Waals surface area contributed by atoms with Crippen LogP contribution in [-0.4, -0.2) is 35.4 Å². The van der Waals surface area contributed by atoms with Gasteiger partial charge in [0, 0.05) is 19.0 Å². The molecule has 2 aromatic heterocycles. The van der Waals surface area contributed by atoms with E-state index in [-0.39, 0.29) is 11.9 Å². The monoisotopic (exact) mass is 369 g/mol. The first-order valence-corrected chi connectivity index (χ1v) is 9.92. The Hall–Kier alpha value is -2.18. The topological polar surface area (TPSA) is 58.4 Å². The first-order valence-electron chi connectivity index (χ1n) is 9.11. The summed E-state index contributed by atoms with van der Waals surface area (Å²) in [5.41, 5.74) is 1.06. The number of nitrogens with one attached hydrogen (secondary N) is 1. The molecule has 1 aliphatic rings. The van der Waals surface area contributed by atoms with Crippen LogP contribution in [0.4, 0.5) is 0 Å². The van der Waals surface area contributed by atoms with Crippen molar-refractivity contribution in [2.75, 3.05) is 19.6 Å². The standard InChI is InChI=1S/C20H23N3O2S/c1-14(17-8-5-11-25-17)21-12-19(24)23-10-4-6-15(13-23)20-22-16-7-2-3-9-18(16)26-20/h2-3,5,7-9,11,14-15,21H,4,6,10,12-13H2,1H3/t14-,15-/m0/s1. The molecule has 1 aliphatic heterocycles. The number of benzene rings is 1. The van der Waals surface area contributed by atoms with Crippen LogP contribution in [0.15, 0.2) is 47.1 Å². The van der Waals surface area contributed by atoms with Crippen LogP contribution in [0.25, 0.3) is 10.2 Å². The lowest BCUT2D eigenvalue weighted by atomic mass is 9.98. The third kappa shape index (κ3) is 3.66. The van der Waals surface area contributed by atoms with E-state index < -0.39 is 0 Å². The number of rotatable bonds is 5. The fourth-order valence-electron chi connectivity index (χ4n) is 3.46. The number of piperidine rings is 1. The highest BCUT2D eigenvalue weighted by molar-refractivity contribution is 7.18. The summed E-state index contributed by atoms with van der Waals surface area (Å²) in [7, 11) is 0. The molecule has 136 valence electrons. The molecule has 0 radical (unpaired) electrons. The first kappa shape index (κ1) is 17.2. The maximum atomic E-state index is 12.6. The maximum absolute atomic E-state index is 12.6. The average Bonchev–Trinajstić information content (AvgIpc) is 3.35. The highest BCUT2D eigenvalue weighted by Gasteiger charge is 2.27. The van der Waals surface area contributed by atoms with Gasteiger partial charge < -0.3 is 9.32 Å². The minimum absolute atomic E-state index is 0.0267. The number of carbonyl (C=O) groups is 1. The van der Waals surface area contributed by atoms with Crippen molar-refractivity contribution in [3.63, 3.8) is 0 Å². The highest BCUT2D eigenvalue weighted by atomic mass is 32.1. The van der Waals surface area contributed by atoms with Crippen LogP contribution < -0.4 is 5.32 Å². The van der Waals surface area contributed by atoms with Crippen LogP contribution >= 0.6 is 11.3 Å². The van der Waals surface area contributed by atoms with Crippen molar-refractivity contribution in [2.24, 2.45) is 0 Å². The second kappa shape index (κ2) is 7.60. The van der Waals surface area contributed by atoms with Gasteiger partial charge in [-0.3, -0.25) is 10.1 Å². The van der Waals surface area contributed by atoms with Crippen LogP contribution in [0.5, 0.6) is 0 Å². The zero-order valence-electron chi connectivity index (χ0n) is 14.9. The summed E-state index contributed by atoms with van der Waals surface area (Å²) in [6, 6.07) is 12.1.